The topological polar surface area (TPSA) is 6.48 Å². The van der Waals surface area contributed by atoms with Gasteiger partial charge in [-0.3, -0.25) is 0 Å². The van der Waals surface area contributed by atoms with Crippen LogP contribution in [0.2, 0.25) is 0 Å². The van der Waals surface area contributed by atoms with Crippen LogP contribution in [0.4, 0.5) is 17.1 Å². The SMILES string of the molecule is C=C[C@H]1C(C)c2ccccc2N2c3ccccc3N(C)C12. The highest BCUT2D eigenvalue weighted by Gasteiger charge is 2.45. The van der Waals surface area contributed by atoms with Gasteiger partial charge in [0.2, 0.25) is 0 Å². The molecule has 0 fully saturated rings. The van der Waals surface area contributed by atoms with E-state index in [2.05, 4.69) is 85.0 Å². The molecule has 2 nitrogen and oxygen atoms in total. The minimum absolute atomic E-state index is 0.324. The summed E-state index contributed by atoms with van der Waals surface area (Å²) in [7, 11) is 2.20. The fourth-order valence-electron chi connectivity index (χ4n) is 4.01. The van der Waals surface area contributed by atoms with E-state index in [4.69, 9.17) is 0 Å². The number of hydrogen-bond donors (Lipinski definition) is 0. The van der Waals surface area contributed by atoms with Gasteiger partial charge in [-0.1, -0.05) is 43.3 Å². The van der Waals surface area contributed by atoms with Crippen LogP contribution in [-0.4, -0.2) is 13.2 Å². The maximum absolute atomic E-state index is 4.11. The summed E-state index contributed by atoms with van der Waals surface area (Å²) in [4.78, 5) is 4.88. The molecule has 0 aromatic heterocycles. The second-order valence-electron chi connectivity index (χ2n) is 6.04. The highest BCUT2D eigenvalue weighted by Crippen LogP contribution is 2.53. The maximum Gasteiger partial charge on any atom is 0.113 e. The number of rotatable bonds is 1. The molecule has 2 aromatic rings. The van der Waals surface area contributed by atoms with E-state index in [0.29, 0.717) is 18.0 Å². The summed E-state index contributed by atoms with van der Waals surface area (Å²) in [5.41, 5.74) is 5.36. The predicted octanol–water partition coefficient (Wildman–Crippen LogP) is 4.52. The van der Waals surface area contributed by atoms with Gasteiger partial charge in [-0.05, 0) is 29.7 Å². The molecular formula is C19H20N2. The lowest BCUT2D eigenvalue weighted by molar-refractivity contribution is 0.420. The molecule has 2 aromatic carbocycles. The average Bonchev–Trinajstić information content (AvgIpc) is 2.82. The van der Waals surface area contributed by atoms with Crippen molar-refractivity contribution in [3.05, 3.63) is 66.7 Å². The molecule has 106 valence electrons. The van der Waals surface area contributed by atoms with Crippen LogP contribution >= 0.6 is 0 Å². The monoisotopic (exact) mass is 276 g/mol. The van der Waals surface area contributed by atoms with Gasteiger partial charge in [0.15, 0.2) is 0 Å². The molecule has 2 unspecified atom stereocenters. The highest BCUT2D eigenvalue weighted by atomic mass is 15.4. The second-order valence-corrected chi connectivity index (χ2v) is 6.04. The molecule has 0 spiro atoms. The third-order valence-electron chi connectivity index (χ3n) is 5.06. The summed E-state index contributed by atoms with van der Waals surface area (Å²) >= 11 is 0. The summed E-state index contributed by atoms with van der Waals surface area (Å²) in [6.07, 6.45) is 2.45. The average molecular weight is 276 g/mol. The lowest BCUT2D eigenvalue weighted by Crippen LogP contribution is -2.48. The van der Waals surface area contributed by atoms with Crippen molar-refractivity contribution in [3.63, 3.8) is 0 Å². The van der Waals surface area contributed by atoms with Crippen molar-refractivity contribution < 1.29 is 0 Å². The van der Waals surface area contributed by atoms with E-state index < -0.39 is 0 Å². The lowest BCUT2D eigenvalue weighted by Gasteiger charge is -2.44. The third-order valence-corrected chi connectivity index (χ3v) is 5.06. The van der Waals surface area contributed by atoms with Crippen molar-refractivity contribution in [2.45, 2.75) is 19.0 Å². The Hall–Kier alpha value is -2.22. The molecule has 2 heterocycles. The third kappa shape index (κ3) is 1.53. The van der Waals surface area contributed by atoms with Crippen LogP contribution in [-0.2, 0) is 0 Å². The Balaban J connectivity index is 1.99. The van der Waals surface area contributed by atoms with Crippen molar-refractivity contribution in [1.29, 1.82) is 0 Å². The quantitative estimate of drug-likeness (QED) is 0.707. The van der Waals surface area contributed by atoms with E-state index in [1.807, 2.05) is 0 Å². The number of benzene rings is 2. The molecular weight excluding hydrogens is 256 g/mol. The Morgan fingerprint density at radius 2 is 1.57 bits per heavy atom. The molecule has 0 saturated carbocycles. The molecule has 4 rings (SSSR count). The zero-order valence-electron chi connectivity index (χ0n) is 12.5. The van der Waals surface area contributed by atoms with Crippen molar-refractivity contribution in [1.82, 2.24) is 0 Å². The Morgan fingerprint density at radius 1 is 0.952 bits per heavy atom. The van der Waals surface area contributed by atoms with Crippen LogP contribution in [0.3, 0.4) is 0 Å². The van der Waals surface area contributed by atoms with E-state index in [1.165, 1.54) is 22.6 Å². The van der Waals surface area contributed by atoms with E-state index in [9.17, 15) is 0 Å². The van der Waals surface area contributed by atoms with Gasteiger partial charge in [0, 0.05) is 18.7 Å². The Labute approximate surface area is 126 Å². The van der Waals surface area contributed by atoms with Crippen molar-refractivity contribution in [3.8, 4) is 0 Å². The summed E-state index contributed by atoms with van der Waals surface area (Å²) in [5, 5.41) is 0. The first-order chi connectivity index (χ1) is 10.2. The number of para-hydroxylation sites is 3. The Bertz CT molecular complexity index is 706. The van der Waals surface area contributed by atoms with Gasteiger partial charge in [-0.15, -0.1) is 6.58 Å². The Kier molecular flexibility index (Phi) is 2.61. The van der Waals surface area contributed by atoms with Gasteiger partial charge in [0.25, 0.3) is 0 Å². The first-order valence-electron chi connectivity index (χ1n) is 7.56. The fourth-order valence-corrected chi connectivity index (χ4v) is 4.01. The van der Waals surface area contributed by atoms with Gasteiger partial charge >= 0.3 is 0 Å². The first-order valence-corrected chi connectivity index (χ1v) is 7.56. The molecule has 0 N–H and O–H groups in total. The maximum atomic E-state index is 4.11. The van der Waals surface area contributed by atoms with Crippen molar-refractivity contribution >= 4 is 17.1 Å². The lowest BCUT2D eigenvalue weighted by atomic mass is 9.80. The van der Waals surface area contributed by atoms with Gasteiger partial charge < -0.3 is 9.80 Å². The predicted molar refractivity (Wildman–Crippen MR) is 89.3 cm³/mol. The van der Waals surface area contributed by atoms with Crippen molar-refractivity contribution in [2.24, 2.45) is 5.92 Å². The minimum Gasteiger partial charge on any atom is -0.352 e. The smallest absolute Gasteiger partial charge is 0.113 e. The second kappa shape index (κ2) is 4.39. The first kappa shape index (κ1) is 12.5. The molecule has 2 aliphatic heterocycles. The molecule has 2 heteroatoms. The molecule has 21 heavy (non-hydrogen) atoms. The van der Waals surface area contributed by atoms with Crippen LogP contribution in [0.1, 0.15) is 18.4 Å². The molecule has 0 aliphatic carbocycles. The largest absolute Gasteiger partial charge is 0.352 e. The molecule has 0 radical (unpaired) electrons. The zero-order valence-corrected chi connectivity index (χ0v) is 12.5. The van der Waals surface area contributed by atoms with Gasteiger partial charge in [-0.25, -0.2) is 0 Å². The number of fused-ring (bicyclic) bond motifs is 5. The molecule has 0 amide bonds. The minimum atomic E-state index is 0.324. The van der Waals surface area contributed by atoms with E-state index in [1.54, 1.807) is 0 Å². The number of nitrogens with zero attached hydrogens (tertiary/aromatic N) is 2. The van der Waals surface area contributed by atoms with Crippen LogP contribution < -0.4 is 9.80 Å². The van der Waals surface area contributed by atoms with Gasteiger partial charge in [0.05, 0.1) is 11.4 Å². The molecule has 2 aliphatic rings. The van der Waals surface area contributed by atoms with E-state index in [0.717, 1.165) is 0 Å². The summed E-state index contributed by atoms with van der Waals surface area (Å²) in [5.74, 6) is 0.897. The standard InChI is InChI=1S/C19H20N2/c1-4-14-13(2)15-9-5-6-10-16(15)21-18-12-8-7-11-17(18)20(3)19(14)21/h4-14,19H,1H2,2-3H3/t13?,14-,19?/m0/s1. The zero-order chi connectivity index (χ0) is 14.6. The summed E-state index contributed by atoms with van der Waals surface area (Å²) in [6, 6.07) is 17.4. The van der Waals surface area contributed by atoms with E-state index in [-0.39, 0.29) is 0 Å². The van der Waals surface area contributed by atoms with Gasteiger partial charge in [0.1, 0.15) is 6.17 Å². The van der Waals surface area contributed by atoms with E-state index >= 15 is 0 Å². The van der Waals surface area contributed by atoms with Crippen LogP contribution in [0, 0.1) is 5.92 Å². The number of anilines is 3. The fraction of sp³-hybridized carbons (Fsp3) is 0.263. The van der Waals surface area contributed by atoms with Crippen LogP contribution in [0.25, 0.3) is 0 Å². The van der Waals surface area contributed by atoms with Gasteiger partial charge in [-0.2, -0.15) is 0 Å². The molecule has 0 bridgehead atoms. The molecule has 3 atom stereocenters. The summed E-state index contributed by atoms with van der Waals surface area (Å²) in [6.45, 7) is 6.43. The molecule has 0 saturated heterocycles. The summed E-state index contributed by atoms with van der Waals surface area (Å²) < 4.78 is 0. The number of hydrogen-bond acceptors (Lipinski definition) is 2. The Morgan fingerprint density at radius 3 is 2.29 bits per heavy atom. The van der Waals surface area contributed by atoms with Crippen molar-refractivity contribution in [2.75, 3.05) is 16.8 Å². The highest BCUT2D eigenvalue weighted by molar-refractivity contribution is 5.86. The van der Waals surface area contributed by atoms with Crippen LogP contribution in [0.5, 0.6) is 0 Å². The normalized spacial score (nSPS) is 26.1. The van der Waals surface area contributed by atoms with Crippen LogP contribution in [0.15, 0.2) is 61.2 Å².